The summed E-state index contributed by atoms with van der Waals surface area (Å²) in [5.41, 5.74) is 1.52. The maximum absolute atomic E-state index is 6.37. The Balaban J connectivity index is 1.39. The Kier molecular flexibility index (Phi) is 6.73. The van der Waals surface area contributed by atoms with E-state index in [9.17, 15) is 0 Å². The zero-order valence-corrected chi connectivity index (χ0v) is 18.9. The number of rotatable bonds is 8. The van der Waals surface area contributed by atoms with Crippen LogP contribution in [0.1, 0.15) is 74.2 Å². The predicted octanol–water partition coefficient (Wildman–Crippen LogP) is 5.88. The lowest BCUT2D eigenvalue weighted by Crippen LogP contribution is -2.47. The quantitative estimate of drug-likeness (QED) is 0.550. The van der Waals surface area contributed by atoms with Crippen molar-refractivity contribution in [3.8, 4) is 0 Å². The molecular weight excluding hydrogens is 376 g/mol. The molecule has 4 heteroatoms. The van der Waals surface area contributed by atoms with Crippen molar-refractivity contribution < 1.29 is 4.74 Å². The van der Waals surface area contributed by atoms with Gasteiger partial charge in [-0.1, -0.05) is 32.8 Å². The van der Waals surface area contributed by atoms with Gasteiger partial charge in [0.1, 0.15) is 0 Å². The summed E-state index contributed by atoms with van der Waals surface area (Å²) < 4.78 is 6.37. The molecule has 1 spiro atoms. The van der Waals surface area contributed by atoms with E-state index in [1.165, 1.54) is 47.6 Å². The molecule has 158 valence electrons. The van der Waals surface area contributed by atoms with Gasteiger partial charge in [-0.3, -0.25) is 4.98 Å². The van der Waals surface area contributed by atoms with Gasteiger partial charge in [0.25, 0.3) is 0 Å². The van der Waals surface area contributed by atoms with Gasteiger partial charge in [0.15, 0.2) is 0 Å². The minimum Gasteiger partial charge on any atom is -0.375 e. The Morgan fingerprint density at radius 2 is 1.93 bits per heavy atom. The molecule has 0 unspecified atom stereocenters. The van der Waals surface area contributed by atoms with Gasteiger partial charge < -0.3 is 10.1 Å². The number of nitrogens with zero attached hydrogens (tertiary/aromatic N) is 1. The molecule has 0 bridgehead atoms. The second-order valence-corrected chi connectivity index (χ2v) is 10.8. The third kappa shape index (κ3) is 5.10. The van der Waals surface area contributed by atoms with Crippen LogP contribution in [-0.4, -0.2) is 23.7 Å². The SMILES string of the molecule is CC(C)Cc1ccc(CNCC[C@@]2(c3ccccn3)CCOC3(CCCC3)C2)s1. The summed E-state index contributed by atoms with van der Waals surface area (Å²) in [5, 5.41) is 3.73. The normalized spacial score (nSPS) is 23.8. The molecule has 1 saturated carbocycles. The van der Waals surface area contributed by atoms with Crippen LogP contribution in [0.15, 0.2) is 36.5 Å². The zero-order chi connectivity index (χ0) is 20.2. The standard InChI is InChI=1S/C25H36N2OS/c1-20(2)17-21-8-9-22(29-21)18-26-15-12-24(23-7-3-6-14-27-23)13-16-28-25(19-24)10-4-5-11-25/h3,6-9,14,20,26H,4-5,10-13,15-19H2,1-2H3/t24-/m1/s1. The summed E-state index contributed by atoms with van der Waals surface area (Å²) in [7, 11) is 0. The summed E-state index contributed by atoms with van der Waals surface area (Å²) in [6.45, 7) is 7.46. The Hall–Kier alpha value is -1.23. The minimum absolute atomic E-state index is 0.106. The van der Waals surface area contributed by atoms with Crippen LogP contribution in [0.5, 0.6) is 0 Å². The van der Waals surface area contributed by atoms with Gasteiger partial charge in [0.2, 0.25) is 0 Å². The van der Waals surface area contributed by atoms with E-state index >= 15 is 0 Å². The van der Waals surface area contributed by atoms with E-state index in [0.717, 1.165) is 44.9 Å². The third-order valence-electron chi connectivity index (χ3n) is 6.78. The molecule has 1 atom stereocenters. The number of nitrogens with one attached hydrogen (secondary N) is 1. The average Bonchev–Trinajstić information content (AvgIpc) is 3.35. The molecule has 3 nitrogen and oxygen atoms in total. The number of hydrogen-bond donors (Lipinski definition) is 1. The maximum Gasteiger partial charge on any atom is 0.0691 e. The van der Waals surface area contributed by atoms with Crippen molar-refractivity contribution in [1.82, 2.24) is 10.3 Å². The molecule has 0 amide bonds. The first-order chi connectivity index (χ1) is 14.1. The fourth-order valence-corrected chi connectivity index (χ4v) is 6.56. The molecule has 1 aliphatic carbocycles. The topological polar surface area (TPSA) is 34.2 Å². The fourth-order valence-electron chi connectivity index (χ4n) is 5.36. The number of thiophene rings is 1. The molecule has 2 aliphatic rings. The van der Waals surface area contributed by atoms with Gasteiger partial charge in [-0.15, -0.1) is 11.3 Å². The van der Waals surface area contributed by atoms with Crippen LogP contribution in [0.25, 0.3) is 0 Å². The van der Waals surface area contributed by atoms with Gasteiger partial charge in [-0.25, -0.2) is 0 Å². The van der Waals surface area contributed by atoms with Gasteiger partial charge >= 0.3 is 0 Å². The molecule has 2 aromatic heterocycles. The van der Waals surface area contributed by atoms with E-state index < -0.39 is 0 Å². The van der Waals surface area contributed by atoms with Crippen molar-refractivity contribution in [3.63, 3.8) is 0 Å². The lowest BCUT2D eigenvalue weighted by molar-refractivity contribution is -0.104. The second-order valence-electron chi connectivity index (χ2n) is 9.55. The number of pyridine rings is 1. The Bertz CT molecular complexity index is 766. The van der Waals surface area contributed by atoms with E-state index in [1.807, 2.05) is 23.6 Å². The number of ether oxygens (including phenoxy) is 1. The molecule has 1 saturated heterocycles. The van der Waals surface area contributed by atoms with Gasteiger partial charge in [0, 0.05) is 40.2 Å². The summed E-state index contributed by atoms with van der Waals surface area (Å²) in [6.07, 6.45) is 11.6. The lowest BCUT2D eigenvalue weighted by Gasteiger charge is -2.46. The van der Waals surface area contributed by atoms with Crippen LogP contribution >= 0.6 is 11.3 Å². The van der Waals surface area contributed by atoms with Crippen molar-refractivity contribution in [3.05, 3.63) is 52.0 Å². The van der Waals surface area contributed by atoms with E-state index in [0.29, 0.717) is 0 Å². The first-order valence-electron chi connectivity index (χ1n) is 11.4. The highest BCUT2D eigenvalue weighted by molar-refractivity contribution is 7.11. The number of aromatic nitrogens is 1. The monoisotopic (exact) mass is 412 g/mol. The van der Waals surface area contributed by atoms with Crippen LogP contribution in [0.4, 0.5) is 0 Å². The average molecular weight is 413 g/mol. The highest BCUT2D eigenvalue weighted by Crippen LogP contribution is 2.49. The van der Waals surface area contributed by atoms with Gasteiger partial charge in [-0.05, 0) is 75.3 Å². The Morgan fingerprint density at radius 1 is 1.10 bits per heavy atom. The molecule has 0 aromatic carbocycles. The molecule has 1 aliphatic heterocycles. The van der Waals surface area contributed by atoms with Crippen LogP contribution in [0, 0.1) is 5.92 Å². The lowest BCUT2D eigenvalue weighted by atomic mass is 9.68. The van der Waals surface area contributed by atoms with Crippen molar-refractivity contribution >= 4 is 11.3 Å². The highest BCUT2D eigenvalue weighted by atomic mass is 32.1. The fraction of sp³-hybridized carbons (Fsp3) is 0.640. The van der Waals surface area contributed by atoms with Crippen LogP contribution in [0.2, 0.25) is 0 Å². The molecule has 29 heavy (non-hydrogen) atoms. The molecular formula is C25H36N2OS. The molecule has 4 rings (SSSR count). The van der Waals surface area contributed by atoms with Crippen molar-refractivity contribution in [2.45, 2.75) is 82.8 Å². The summed E-state index contributed by atoms with van der Waals surface area (Å²) in [6, 6.07) is 11.0. The first kappa shape index (κ1) is 21.0. The second kappa shape index (κ2) is 9.28. The van der Waals surface area contributed by atoms with E-state index in [2.05, 4.69) is 43.4 Å². The van der Waals surface area contributed by atoms with Gasteiger partial charge in [-0.2, -0.15) is 0 Å². The molecule has 3 heterocycles. The van der Waals surface area contributed by atoms with Crippen molar-refractivity contribution in [2.75, 3.05) is 13.2 Å². The van der Waals surface area contributed by atoms with Crippen molar-refractivity contribution in [2.24, 2.45) is 5.92 Å². The van der Waals surface area contributed by atoms with E-state index in [-0.39, 0.29) is 11.0 Å². The third-order valence-corrected chi connectivity index (χ3v) is 7.89. The molecule has 1 N–H and O–H groups in total. The summed E-state index contributed by atoms with van der Waals surface area (Å²) >= 11 is 1.96. The molecule has 2 aromatic rings. The maximum atomic E-state index is 6.37. The number of hydrogen-bond acceptors (Lipinski definition) is 4. The summed E-state index contributed by atoms with van der Waals surface area (Å²) in [5.74, 6) is 0.726. The minimum atomic E-state index is 0.106. The molecule has 2 fully saturated rings. The van der Waals surface area contributed by atoms with E-state index in [1.54, 1.807) is 0 Å². The summed E-state index contributed by atoms with van der Waals surface area (Å²) in [4.78, 5) is 7.78. The smallest absolute Gasteiger partial charge is 0.0691 e. The largest absolute Gasteiger partial charge is 0.375 e. The Morgan fingerprint density at radius 3 is 2.69 bits per heavy atom. The van der Waals surface area contributed by atoms with Crippen LogP contribution in [-0.2, 0) is 23.1 Å². The zero-order valence-electron chi connectivity index (χ0n) is 18.1. The van der Waals surface area contributed by atoms with E-state index in [4.69, 9.17) is 9.72 Å². The van der Waals surface area contributed by atoms with Crippen LogP contribution in [0.3, 0.4) is 0 Å². The van der Waals surface area contributed by atoms with Crippen LogP contribution < -0.4 is 5.32 Å². The predicted molar refractivity (Wildman–Crippen MR) is 121 cm³/mol. The Labute approximate surface area is 180 Å². The molecule has 0 radical (unpaired) electrons. The first-order valence-corrected chi connectivity index (χ1v) is 12.2. The highest BCUT2D eigenvalue weighted by Gasteiger charge is 2.48. The van der Waals surface area contributed by atoms with Gasteiger partial charge in [0.05, 0.1) is 5.60 Å². The van der Waals surface area contributed by atoms with Crippen molar-refractivity contribution in [1.29, 1.82) is 0 Å².